The fraction of sp³-hybridized carbons (Fsp3) is 0.571. The van der Waals surface area contributed by atoms with Crippen molar-refractivity contribution in [2.75, 3.05) is 13.7 Å². The molecule has 88 valence electrons. The van der Waals surface area contributed by atoms with Crippen LogP contribution in [0.4, 0.5) is 0 Å². The van der Waals surface area contributed by atoms with Crippen LogP contribution in [0.3, 0.4) is 0 Å². The molecule has 0 saturated heterocycles. The molecule has 16 heavy (non-hydrogen) atoms. The van der Waals surface area contributed by atoms with Gasteiger partial charge in [0, 0.05) is 31.7 Å². The Morgan fingerprint density at radius 1 is 1.38 bits per heavy atom. The van der Waals surface area contributed by atoms with Crippen molar-refractivity contribution in [2.24, 2.45) is 0 Å². The van der Waals surface area contributed by atoms with E-state index in [9.17, 15) is 0 Å². The minimum absolute atomic E-state index is 0.554. The van der Waals surface area contributed by atoms with Gasteiger partial charge in [0.2, 0.25) is 0 Å². The van der Waals surface area contributed by atoms with Crippen molar-refractivity contribution in [2.45, 2.75) is 37.8 Å². The van der Waals surface area contributed by atoms with E-state index in [4.69, 9.17) is 4.74 Å². The van der Waals surface area contributed by atoms with Gasteiger partial charge in [0.1, 0.15) is 0 Å². The molecule has 2 heteroatoms. The summed E-state index contributed by atoms with van der Waals surface area (Å²) in [5.74, 6) is 0.728. The third kappa shape index (κ3) is 3.06. The van der Waals surface area contributed by atoms with Crippen molar-refractivity contribution in [3.63, 3.8) is 0 Å². The minimum Gasteiger partial charge on any atom is -0.385 e. The van der Waals surface area contributed by atoms with Gasteiger partial charge < -0.3 is 10.1 Å². The van der Waals surface area contributed by atoms with Gasteiger partial charge in [0.25, 0.3) is 0 Å². The fourth-order valence-electron chi connectivity index (χ4n) is 2.19. The molecule has 0 bridgehead atoms. The maximum Gasteiger partial charge on any atom is 0.0476 e. The van der Waals surface area contributed by atoms with Gasteiger partial charge in [-0.3, -0.25) is 0 Å². The minimum atomic E-state index is 0.554. The van der Waals surface area contributed by atoms with E-state index in [1.165, 1.54) is 12.0 Å². The predicted molar refractivity (Wildman–Crippen MR) is 66.7 cm³/mol. The molecule has 0 aliphatic heterocycles. The largest absolute Gasteiger partial charge is 0.385 e. The molecule has 0 heterocycles. The Kier molecular flexibility index (Phi) is 3.97. The first-order valence-corrected chi connectivity index (χ1v) is 6.11. The summed E-state index contributed by atoms with van der Waals surface area (Å²) in [7, 11) is 1.76. The van der Waals surface area contributed by atoms with Crippen LogP contribution in [-0.4, -0.2) is 25.8 Å². The molecule has 0 spiro atoms. The van der Waals surface area contributed by atoms with Crippen LogP contribution in [0.1, 0.15) is 31.2 Å². The highest BCUT2D eigenvalue weighted by Crippen LogP contribution is 2.40. The molecule has 3 atom stereocenters. The van der Waals surface area contributed by atoms with Crippen LogP contribution in [0, 0.1) is 0 Å². The van der Waals surface area contributed by atoms with E-state index in [1.807, 2.05) is 0 Å². The highest BCUT2D eigenvalue weighted by Gasteiger charge is 2.38. The predicted octanol–water partition coefficient (Wildman–Crippen LogP) is 2.56. The molecule has 0 radical (unpaired) electrons. The normalized spacial score (nSPS) is 25.4. The molecule has 1 saturated carbocycles. The summed E-state index contributed by atoms with van der Waals surface area (Å²) in [6.45, 7) is 3.08. The maximum atomic E-state index is 5.09. The second-order valence-corrected chi connectivity index (χ2v) is 4.71. The van der Waals surface area contributed by atoms with Crippen molar-refractivity contribution >= 4 is 0 Å². The highest BCUT2D eigenvalue weighted by molar-refractivity contribution is 5.27. The zero-order valence-electron chi connectivity index (χ0n) is 10.1. The molecule has 1 aliphatic rings. The first kappa shape index (κ1) is 11.6. The standard InChI is InChI=1S/C14H21NO/c1-11(8-9-16-2)15-14-10-13(14)12-6-4-3-5-7-12/h3-7,11,13-15H,8-10H2,1-2H3. The summed E-state index contributed by atoms with van der Waals surface area (Å²) >= 11 is 0. The molecular weight excluding hydrogens is 198 g/mol. The monoisotopic (exact) mass is 219 g/mol. The van der Waals surface area contributed by atoms with Crippen LogP contribution >= 0.6 is 0 Å². The van der Waals surface area contributed by atoms with Crippen molar-refractivity contribution < 1.29 is 4.74 Å². The van der Waals surface area contributed by atoms with Gasteiger partial charge in [-0.05, 0) is 25.3 Å². The molecule has 2 rings (SSSR count). The Balaban J connectivity index is 1.75. The Morgan fingerprint density at radius 2 is 2.12 bits per heavy atom. The summed E-state index contributed by atoms with van der Waals surface area (Å²) in [4.78, 5) is 0. The lowest BCUT2D eigenvalue weighted by molar-refractivity contribution is 0.184. The Morgan fingerprint density at radius 3 is 2.81 bits per heavy atom. The molecule has 0 amide bonds. The summed E-state index contributed by atoms with van der Waals surface area (Å²) < 4.78 is 5.09. The van der Waals surface area contributed by atoms with Gasteiger partial charge in [-0.15, -0.1) is 0 Å². The molecule has 0 aromatic heterocycles. The Labute approximate surface area is 98.0 Å². The number of hydrogen-bond donors (Lipinski definition) is 1. The van der Waals surface area contributed by atoms with Crippen LogP contribution in [-0.2, 0) is 4.74 Å². The smallest absolute Gasteiger partial charge is 0.0476 e. The molecule has 1 aliphatic carbocycles. The number of ether oxygens (including phenoxy) is 1. The lowest BCUT2D eigenvalue weighted by atomic mass is 10.1. The topological polar surface area (TPSA) is 21.3 Å². The van der Waals surface area contributed by atoms with Crippen LogP contribution in [0.5, 0.6) is 0 Å². The number of rotatable bonds is 6. The molecule has 1 fully saturated rings. The van der Waals surface area contributed by atoms with Gasteiger partial charge in [-0.2, -0.15) is 0 Å². The first-order valence-electron chi connectivity index (χ1n) is 6.11. The first-order chi connectivity index (χ1) is 7.81. The summed E-state index contributed by atoms with van der Waals surface area (Å²) in [5, 5.41) is 3.66. The molecule has 1 aromatic rings. The second-order valence-electron chi connectivity index (χ2n) is 4.71. The zero-order valence-corrected chi connectivity index (χ0v) is 10.1. The lowest BCUT2D eigenvalue weighted by Crippen LogP contribution is -2.30. The highest BCUT2D eigenvalue weighted by atomic mass is 16.5. The van der Waals surface area contributed by atoms with Gasteiger partial charge in [-0.1, -0.05) is 30.3 Å². The summed E-state index contributed by atoms with van der Waals surface area (Å²) in [5.41, 5.74) is 1.47. The van der Waals surface area contributed by atoms with E-state index in [0.29, 0.717) is 12.1 Å². The molecule has 3 unspecified atom stereocenters. The van der Waals surface area contributed by atoms with Gasteiger partial charge in [0.15, 0.2) is 0 Å². The number of hydrogen-bond acceptors (Lipinski definition) is 2. The quantitative estimate of drug-likeness (QED) is 0.794. The van der Waals surface area contributed by atoms with Crippen molar-refractivity contribution in [3.8, 4) is 0 Å². The summed E-state index contributed by atoms with van der Waals surface area (Å²) in [6.07, 6.45) is 2.37. The number of nitrogens with one attached hydrogen (secondary N) is 1. The van der Waals surface area contributed by atoms with Crippen molar-refractivity contribution in [1.82, 2.24) is 5.32 Å². The van der Waals surface area contributed by atoms with Crippen LogP contribution in [0.25, 0.3) is 0 Å². The van der Waals surface area contributed by atoms with E-state index < -0.39 is 0 Å². The Bertz CT molecular complexity index is 312. The molecular formula is C14H21NO. The summed E-state index contributed by atoms with van der Waals surface area (Å²) in [6, 6.07) is 12.0. The van der Waals surface area contributed by atoms with E-state index in [-0.39, 0.29) is 0 Å². The van der Waals surface area contributed by atoms with E-state index in [0.717, 1.165) is 18.9 Å². The zero-order chi connectivity index (χ0) is 11.4. The molecule has 2 nitrogen and oxygen atoms in total. The van der Waals surface area contributed by atoms with E-state index in [1.54, 1.807) is 7.11 Å². The van der Waals surface area contributed by atoms with Crippen LogP contribution < -0.4 is 5.32 Å². The van der Waals surface area contributed by atoms with Gasteiger partial charge in [0.05, 0.1) is 0 Å². The maximum absolute atomic E-state index is 5.09. The average Bonchev–Trinajstić information content (AvgIpc) is 3.07. The van der Waals surface area contributed by atoms with Crippen LogP contribution in [0.2, 0.25) is 0 Å². The van der Waals surface area contributed by atoms with Gasteiger partial charge in [-0.25, -0.2) is 0 Å². The second kappa shape index (κ2) is 5.46. The number of benzene rings is 1. The fourth-order valence-corrected chi connectivity index (χ4v) is 2.19. The van der Waals surface area contributed by atoms with E-state index >= 15 is 0 Å². The van der Waals surface area contributed by atoms with Crippen molar-refractivity contribution in [1.29, 1.82) is 0 Å². The van der Waals surface area contributed by atoms with E-state index in [2.05, 4.69) is 42.6 Å². The third-order valence-electron chi connectivity index (χ3n) is 3.27. The van der Waals surface area contributed by atoms with Crippen molar-refractivity contribution in [3.05, 3.63) is 35.9 Å². The Hall–Kier alpha value is -0.860. The third-order valence-corrected chi connectivity index (χ3v) is 3.27. The van der Waals surface area contributed by atoms with Crippen LogP contribution in [0.15, 0.2) is 30.3 Å². The molecule has 1 aromatic carbocycles. The van der Waals surface area contributed by atoms with Gasteiger partial charge >= 0.3 is 0 Å². The number of methoxy groups -OCH3 is 1. The SMILES string of the molecule is COCCC(C)NC1CC1c1ccccc1. The average molecular weight is 219 g/mol. The lowest BCUT2D eigenvalue weighted by Gasteiger charge is -2.13. The molecule has 1 N–H and O–H groups in total.